The van der Waals surface area contributed by atoms with Gasteiger partial charge in [0.25, 0.3) is 0 Å². The highest BCUT2D eigenvalue weighted by atomic mass is 15.2. The Morgan fingerprint density at radius 3 is 2.87 bits per heavy atom. The highest BCUT2D eigenvalue weighted by Crippen LogP contribution is 2.20. The fourth-order valence-electron chi connectivity index (χ4n) is 1.28. The van der Waals surface area contributed by atoms with Crippen LogP contribution in [0.1, 0.15) is 27.2 Å². The maximum Gasteiger partial charge on any atom is 0.203 e. The fraction of sp³-hybridized carbons (Fsp3) is 0.583. The van der Waals surface area contributed by atoms with Crippen molar-refractivity contribution in [2.75, 3.05) is 11.9 Å². The Morgan fingerprint density at radius 2 is 2.27 bits per heavy atom. The molecule has 0 fully saturated rings. The number of nitrogens with one attached hydrogen (secondary N) is 1. The van der Waals surface area contributed by atoms with Crippen molar-refractivity contribution in [3.05, 3.63) is 25.0 Å². The molecule has 0 aliphatic rings. The largest absolute Gasteiger partial charge is 0.352 e. The first-order chi connectivity index (χ1) is 7.03. The number of aromatic nitrogens is 2. The first kappa shape index (κ1) is 11.8. The molecule has 84 valence electrons. The lowest BCUT2D eigenvalue weighted by Crippen LogP contribution is -2.12. The van der Waals surface area contributed by atoms with Gasteiger partial charge in [0.15, 0.2) is 0 Å². The number of anilines is 1. The van der Waals surface area contributed by atoms with E-state index in [0.717, 1.165) is 25.5 Å². The van der Waals surface area contributed by atoms with Crippen LogP contribution in [0, 0.1) is 5.41 Å². The molecule has 0 aliphatic carbocycles. The smallest absolute Gasteiger partial charge is 0.203 e. The van der Waals surface area contributed by atoms with Gasteiger partial charge in [0, 0.05) is 25.5 Å². The summed E-state index contributed by atoms with van der Waals surface area (Å²) in [6.07, 6.45) is 6.82. The lowest BCUT2D eigenvalue weighted by molar-refractivity contribution is 0.351. The molecule has 0 saturated carbocycles. The molecule has 0 aromatic carbocycles. The van der Waals surface area contributed by atoms with Gasteiger partial charge in [-0.3, -0.25) is 0 Å². The highest BCUT2D eigenvalue weighted by Gasteiger charge is 2.11. The topological polar surface area (TPSA) is 29.9 Å². The summed E-state index contributed by atoms with van der Waals surface area (Å²) < 4.78 is 2.15. The Kier molecular flexibility index (Phi) is 3.95. The van der Waals surface area contributed by atoms with E-state index >= 15 is 0 Å². The molecule has 0 saturated heterocycles. The third-order valence-corrected chi connectivity index (χ3v) is 2.22. The molecule has 1 aromatic rings. The van der Waals surface area contributed by atoms with E-state index in [4.69, 9.17) is 0 Å². The zero-order chi connectivity index (χ0) is 11.3. The predicted molar refractivity (Wildman–Crippen MR) is 65.0 cm³/mol. The minimum absolute atomic E-state index is 0.361. The number of hydrogen-bond donors (Lipinski definition) is 1. The molecule has 1 heterocycles. The van der Waals surface area contributed by atoms with E-state index in [9.17, 15) is 0 Å². The summed E-state index contributed by atoms with van der Waals surface area (Å²) >= 11 is 0. The average Bonchev–Trinajstić information content (AvgIpc) is 2.57. The Balaban J connectivity index is 2.53. The van der Waals surface area contributed by atoms with Crippen molar-refractivity contribution in [1.29, 1.82) is 0 Å². The van der Waals surface area contributed by atoms with Crippen LogP contribution in [0.25, 0.3) is 0 Å². The van der Waals surface area contributed by atoms with Crippen molar-refractivity contribution in [1.82, 2.24) is 9.55 Å². The molecule has 0 radical (unpaired) electrons. The van der Waals surface area contributed by atoms with Crippen molar-refractivity contribution in [3.8, 4) is 0 Å². The van der Waals surface area contributed by atoms with Crippen LogP contribution in [0.3, 0.4) is 0 Å². The van der Waals surface area contributed by atoms with Crippen LogP contribution >= 0.6 is 0 Å². The standard InChI is InChI=1S/C12H21N3/c1-5-7-13-11-14-8-10-15(11)9-6-12(2,3)4/h5,8,10H,1,6-7,9H2,2-4H3,(H,13,14). The minimum atomic E-state index is 0.361. The van der Waals surface area contributed by atoms with Crippen LogP contribution in [0.5, 0.6) is 0 Å². The fourth-order valence-corrected chi connectivity index (χ4v) is 1.28. The molecule has 3 nitrogen and oxygen atoms in total. The van der Waals surface area contributed by atoms with Gasteiger partial charge >= 0.3 is 0 Å². The zero-order valence-electron chi connectivity index (χ0n) is 9.95. The molecule has 1 N–H and O–H groups in total. The van der Waals surface area contributed by atoms with Gasteiger partial charge in [-0.15, -0.1) is 6.58 Å². The molecule has 1 rings (SSSR count). The predicted octanol–water partition coefficient (Wildman–Crippen LogP) is 2.92. The van der Waals surface area contributed by atoms with E-state index in [0.29, 0.717) is 5.41 Å². The van der Waals surface area contributed by atoms with Crippen molar-refractivity contribution in [3.63, 3.8) is 0 Å². The first-order valence-electron chi connectivity index (χ1n) is 5.39. The zero-order valence-corrected chi connectivity index (χ0v) is 9.95. The Labute approximate surface area is 92.2 Å². The number of nitrogens with zero attached hydrogens (tertiary/aromatic N) is 2. The van der Waals surface area contributed by atoms with E-state index in [2.05, 4.69) is 42.2 Å². The van der Waals surface area contributed by atoms with Gasteiger partial charge in [-0.2, -0.15) is 0 Å². The maximum atomic E-state index is 4.26. The quantitative estimate of drug-likeness (QED) is 0.752. The second kappa shape index (κ2) is 5.01. The van der Waals surface area contributed by atoms with Crippen molar-refractivity contribution in [2.45, 2.75) is 33.7 Å². The van der Waals surface area contributed by atoms with Crippen LogP contribution in [0.4, 0.5) is 5.95 Å². The third kappa shape index (κ3) is 4.19. The Hall–Kier alpha value is -1.25. The number of aryl methyl sites for hydroxylation is 1. The molecule has 0 aliphatic heterocycles. The van der Waals surface area contributed by atoms with Gasteiger partial charge in [0.2, 0.25) is 5.95 Å². The van der Waals surface area contributed by atoms with E-state index in [-0.39, 0.29) is 0 Å². The molecule has 3 heteroatoms. The van der Waals surface area contributed by atoms with Crippen molar-refractivity contribution >= 4 is 5.95 Å². The van der Waals surface area contributed by atoms with Crippen LogP contribution in [-0.4, -0.2) is 16.1 Å². The van der Waals surface area contributed by atoms with Gasteiger partial charge in [0.1, 0.15) is 0 Å². The average molecular weight is 207 g/mol. The summed E-state index contributed by atoms with van der Waals surface area (Å²) in [7, 11) is 0. The normalized spacial score (nSPS) is 11.4. The summed E-state index contributed by atoms with van der Waals surface area (Å²) in [6.45, 7) is 12.2. The summed E-state index contributed by atoms with van der Waals surface area (Å²) in [6, 6.07) is 0. The van der Waals surface area contributed by atoms with E-state index < -0.39 is 0 Å². The maximum absolute atomic E-state index is 4.26. The molecule has 15 heavy (non-hydrogen) atoms. The SMILES string of the molecule is C=CCNc1nccn1CCC(C)(C)C. The molecule has 0 unspecified atom stereocenters. The summed E-state index contributed by atoms with van der Waals surface area (Å²) in [5, 5.41) is 3.21. The lowest BCUT2D eigenvalue weighted by atomic mass is 9.92. The number of imidazole rings is 1. The van der Waals surface area contributed by atoms with Crippen molar-refractivity contribution in [2.24, 2.45) is 5.41 Å². The van der Waals surface area contributed by atoms with Crippen LogP contribution in [0.15, 0.2) is 25.0 Å². The highest BCUT2D eigenvalue weighted by molar-refractivity contribution is 5.26. The summed E-state index contributed by atoms with van der Waals surface area (Å²) in [5.74, 6) is 0.930. The monoisotopic (exact) mass is 207 g/mol. The number of hydrogen-bond acceptors (Lipinski definition) is 2. The Morgan fingerprint density at radius 1 is 1.53 bits per heavy atom. The molecular formula is C12H21N3. The van der Waals surface area contributed by atoms with Gasteiger partial charge in [-0.05, 0) is 11.8 Å². The molecule has 1 aromatic heterocycles. The van der Waals surface area contributed by atoms with Crippen LogP contribution < -0.4 is 5.32 Å². The van der Waals surface area contributed by atoms with Gasteiger partial charge in [-0.25, -0.2) is 4.98 Å². The van der Waals surface area contributed by atoms with Crippen molar-refractivity contribution < 1.29 is 0 Å². The molecule has 0 bridgehead atoms. The minimum Gasteiger partial charge on any atom is -0.352 e. The molecule has 0 spiro atoms. The van der Waals surface area contributed by atoms with Gasteiger partial charge in [-0.1, -0.05) is 26.8 Å². The first-order valence-corrected chi connectivity index (χ1v) is 5.39. The summed E-state index contributed by atoms with van der Waals surface area (Å²) in [4.78, 5) is 4.26. The third-order valence-electron chi connectivity index (χ3n) is 2.22. The summed E-state index contributed by atoms with van der Waals surface area (Å²) in [5.41, 5.74) is 0.361. The lowest BCUT2D eigenvalue weighted by Gasteiger charge is -2.19. The second-order valence-corrected chi connectivity index (χ2v) is 4.92. The van der Waals surface area contributed by atoms with E-state index in [1.807, 2.05) is 18.5 Å². The molecular weight excluding hydrogens is 186 g/mol. The van der Waals surface area contributed by atoms with E-state index in [1.54, 1.807) is 0 Å². The second-order valence-electron chi connectivity index (χ2n) is 4.92. The van der Waals surface area contributed by atoms with Gasteiger partial charge in [0.05, 0.1) is 0 Å². The Bertz CT molecular complexity index is 307. The number of rotatable bonds is 5. The van der Waals surface area contributed by atoms with Crippen LogP contribution in [0.2, 0.25) is 0 Å². The van der Waals surface area contributed by atoms with Gasteiger partial charge < -0.3 is 9.88 Å². The molecule has 0 amide bonds. The van der Waals surface area contributed by atoms with Crippen LogP contribution in [-0.2, 0) is 6.54 Å². The van der Waals surface area contributed by atoms with E-state index in [1.165, 1.54) is 0 Å². The molecule has 0 atom stereocenters.